The van der Waals surface area contributed by atoms with Crippen LogP contribution in [0, 0.1) is 59.2 Å². The summed E-state index contributed by atoms with van der Waals surface area (Å²) in [7, 11) is -5.02. The number of aromatic nitrogens is 2. The molecule has 0 saturated carbocycles. The van der Waals surface area contributed by atoms with Crippen molar-refractivity contribution in [3.63, 3.8) is 0 Å². The van der Waals surface area contributed by atoms with Gasteiger partial charge < -0.3 is 62.9 Å². The number of imidazole rings is 1. The lowest BCUT2D eigenvalue weighted by molar-refractivity contribution is -0.122. The van der Waals surface area contributed by atoms with Crippen LogP contribution in [0.25, 0.3) is 11.0 Å². The molecule has 0 aliphatic carbocycles. The molecule has 2 fully saturated rings. The molecule has 8 bridgehead atoms. The highest BCUT2D eigenvalue weighted by atomic mass is 31.2. The molecule has 13 N–H and O–H groups in total. The first kappa shape index (κ1) is 65.5. The standard InChI is InChI=1S/C60H87N12O13P/c1-30-19-40-41(20-31(30)2)72(27-67-40)55-50(80)51(42(25-73)83-55)85-86(81,82)84-32(3)23-66-47(79)17-18-57(9)38(24-64-28-74)54-60(12)59(11,26-65-29-75)35(6)48(71-60)33(4)53-58(10,22-46(63)78)36(13-15-44(61)76)39(68-53)21-43-56(7,8)37(14-16-45(62)77)49(69-43)34(5)52(57)70-54/h19-21,27-29,32,35-38,42,50-51,54-55,68,73,80H,13-18,22-26H2,1-12H3,(H2,61,76)(H2,62,77)(H2,63,78)(H,64,74)(H,65,75)(H,66,79)(H,81,82)/b39-21?,49-34?,53-33-/t32-,35-,36-,37-,38+,42-,50-,51-,54-,55+,57-,58+,59+,60+/m1/s1. The molecule has 15 atom stereocenters. The molecule has 2 aromatic rings. The first-order valence-corrected chi connectivity index (χ1v) is 30.9. The molecule has 1 aromatic carbocycles. The average Bonchev–Trinajstić information content (AvgIpc) is 1.56. The van der Waals surface area contributed by atoms with E-state index in [0.717, 1.165) is 16.7 Å². The largest absolute Gasteiger partial charge is 0.472 e. The minimum absolute atomic E-state index is 0.00101. The van der Waals surface area contributed by atoms with Gasteiger partial charge in [0.1, 0.15) is 18.3 Å². The summed E-state index contributed by atoms with van der Waals surface area (Å²) < 4.78 is 32.3. The van der Waals surface area contributed by atoms with Gasteiger partial charge in [-0.05, 0) is 101 Å². The molecule has 7 heterocycles. The first-order chi connectivity index (χ1) is 40.2. The van der Waals surface area contributed by atoms with E-state index < -0.39 is 126 Å². The van der Waals surface area contributed by atoms with Crippen LogP contribution in [-0.4, -0.2) is 140 Å². The third-order valence-corrected chi connectivity index (χ3v) is 21.3. The van der Waals surface area contributed by atoms with Gasteiger partial charge in [-0.15, -0.1) is 0 Å². The predicted molar refractivity (Wildman–Crippen MR) is 321 cm³/mol. The number of aryl methyl sites for hydroxylation is 2. The second kappa shape index (κ2) is 24.6. The molecule has 26 heteroatoms. The number of hydrogen-bond donors (Lipinski definition) is 10. The summed E-state index contributed by atoms with van der Waals surface area (Å²) in [6.45, 7) is 22.5. The van der Waals surface area contributed by atoms with Crippen molar-refractivity contribution in [2.75, 3.05) is 26.2 Å². The molecule has 0 spiro atoms. The number of primary amides is 3. The van der Waals surface area contributed by atoms with Gasteiger partial charge in [0.25, 0.3) is 0 Å². The van der Waals surface area contributed by atoms with Crippen molar-refractivity contribution in [3.05, 3.63) is 63.9 Å². The normalized spacial score (nSPS) is 33.8. The molecule has 6 amide bonds. The number of rotatable bonds is 25. The quantitative estimate of drug-likeness (QED) is 0.0501. The minimum atomic E-state index is -5.02. The van der Waals surface area contributed by atoms with Crippen LogP contribution in [0.5, 0.6) is 0 Å². The fraction of sp³-hybridized carbons (Fsp3) is 0.633. The van der Waals surface area contributed by atoms with Crippen molar-refractivity contribution in [1.29, 1.82) is 0 Å². The maximum Gasteiger partial charge on any atom is 0.472 e. The van der Waals surface area contributed by atoms with E-state index in [1.807, 2.05) is 94.4 Å². The Labute approximate surface area is 501 Å². The number of hydrogen-bond acceptors (Lipinski definition) is 17. The maximum absolute atomic E-state index is 14.3. The van der Waals surface area contributed by atoms with E-state index >= 15 is 0 Å². The molecule has 2 saturated heterocycles. The third kappa shape index (κ3) is 11.9. The Bertz CT molecular complexity index is 3320. The van der Waals surface area contributed by atoms with E-state index in [0.29, 0.717) is 70.1 Å². The Balaban J connectivity index is 1.15. The summed E-state index contributed by atoms with van der Waals surface area (Å²) >= 11 is 0. The van der Waals surface area contributed by atoms with E-state index in [2.05, 4.69) is 26.3 Å². The van der Waals surface area contributed by atoms with E-state index in [-0.39, 0.29) is 58.2 Å². The Morgan fingerprint density at radius 1 is 0.919 bits per heavy atom. The van der Waals surface area contributed by atoms with Gasteiger partial charge in [0.15, 0.2) is 6.23 Å². The number of allylic oxidation sites excluding steroid dienone is 6. The summed E-state index contributed by atoms with van der Waals surface area (Å²) in [5, 5.41) is 34.2. The number of benzene rings is 1. The zero-order chi connectivity index (χ0) is 63.4. The number of nitrogens with two attached hydrogens (primary N) is 3. The number of nitrogens with one attached hydrogen (secondary N) is 4. The zero-order valence-electron chi connectivity index (χ0n) is 51.4. The van der Waals surface area contributed by atoms with Crippen molar-refractivity contribution >= 4 is 72.4 Å². The highest BCUT2D eigenvalue weighted by Gasteiger charge is 2.65. The Morgan fingerprint density at radius 2 is 1.57 bits per heavy atom. The zero-order valence-corrected chi connectivity index (χ0v) is 52.2. The molecule has 1 unspecified atom stereocenters. The number of aliphatic hydroxyl groups is 2. The van der Waals surface area contributed by atoms with Crippen molar-refractivity contribution in [2.24, 2.45) is 77.5 Å². The van der Waals surface area contributed by atoms with Crippen LogP contribution in [0.2, 0.25) is 0 Å². The van der Waals surface area contributed by atoms with Crippen LogP contribution in [0.3, 0.4) is 0 Å². The molecule has 6 aliphatic heterocycles. The molecule has 25 nitrogen and oxygen atoms in total. The molecule has 1 aromatic heterocycles. The SMILES string of the molecule is CC1=C2N=C(C=C3N/C(=C(/C)C4=N[C@@](C)([C@@H]5N=C1[C@](C)(CCC(=O)NC[C@@H](C)OP(=O)(O)O[C@H]1[C@@H](O)[C@@H](n6cnc7cc(C)c(C)cc76)O[C@@H]1CO)[C@H]5CNC=O)[C@@](C)(CNC=O)[C@@H]4C)[C@@](C)(CC(N)=O)[C@@H]3CCC(N)=O)C(C)(C)[C@@H]2CCC(N)=O. The van der Waals surface area contributed by atoms with E-state index in [1.165, 1.54) is 13.3 Å². The fourth-order valence-electron chi connectivity index (χ4n) is 14.7. The summed E-state index contributed by atoms with van der Waals surface area (Å²) in [6.07, 6.45) is -1.39. The summed E-state index contributed by atoms with van der Waals surface area (Å²) in [5.74, 6) is -3.96. The van der Waals surface area contributed by atoms with E-state index in [4.69, 9.17) is 46.0 Å². The number of phosphoric ester groups is 1. The van der Waals surface area contributed by atoms with E-state index in [1.54, 1.807) is 4.57 Å². The fourth-order valence-corrected chi connectivity index (χ4v) is 15.9. The van der Waals surface area contributed by atoms with Crippen LogP contribution in [0.4, 0.5) is 0 Å². The van der Waals surface area contributed by atoms with Crippen LogP contribution < -0.4 is 38.5 Å². The van der Waals surface area contributed by atoms with E-state index in [9.17, 15) is 48.4 Å². The molecular formula is C60H87N12O13P. The predicted octanol–water partition coefficient (Wildman–Crippen LogP) is 3.66. The Morgan fingerprint density at radius 3 is 2.20 bits per heavy atom. The first-order valence-electron chi connectivity index (χ1n) is 29.5. The van der Waals surface area contributed by atoms with Gasteiger partial charge in [-0.1, -0.05) is 41.5 Å². The molecule has 86 heavy (non-hydrogen) atoms. The number of aliphatic hydroxyl groups excluding tert-OH is 2. The lowest BCUT2D eigenvalue weighted by atomic mass is 9.58. The molecule has 470 valence electrons. The van der Waals surface area contributed by atoms with Gasteiger partial charge in [-0.25, -0.2) is 9.55 Å². The van der Waals surface area contributed by atoms with Gasteiger partial charge in [0.2, 0.25) is 36.4 Å². The Kier molecular flexibility index (Phi) is 18.7. The highest BCUT2D eigenvalue weighted by molar-refractivity contribution is 7.47. The van der Waals surface area contributed by atoms with Crippen molar-refractivity contribution in [1.82, 2.24) is 30.8 Å². The van der Waals surface area contributed by atoms with Crippen molar-refractivity contribution in [2.45, 2.75) is 170 Å². The summed E-state index contributed by atoms with van der Waals surface area (Å²) in [6, 6.07) is 3.01. The lowest BCUT2D eigenvalue weighted by Crippen LogP contribution is -2.58. The second-order valence-electron chi connectivity index (χ2n) is 26.0. The number of ether oxygens (including phenoxy) is 1. The van der Waals surface area contributed by atoms with Gasteiger partial charge in [0, 0.05) is 125 Å². The molecule has 6 aliphatic rings. The number of aliphatic imine (C=N–C) groups is 3. The smallest absolute Gasteiger partial charge is 0.394 e. The third-order valence-electron chi connectivity index (χ3n) is 20.2. The van der Waals surface area contributed by atoms with Gasteiger partial charge in [0.05, 0.1) is 41.7 Å². The van der Waals surface area contributed by atoms with Crippen molar-refractivity contribution in [3.8, 4) is 0 Å². The topological polar surface area (TPSA) is 389 Å². The van der Waals surface area contributed by atoms with Crippen molar-refractivity contribution < 1.29 is 62.2 Å². The number of fused-ring (bicyclic) bond motifs is 7. The van der Waals surface area contributed by atoms with Gasteiger partial charge in [-0.2, -0.15) is 0 Å². The molecule has 8 rings (SSSR count). The molecule has 0 radical (unpaired) electrons. The highest BCUT2D eigenvalue weighted by Crippen LogP contribution is 2.60. The van der Waals surface area contributed by atoms with Crippen LogP contribution in [0.1, 0.15) is 132 Å². The van der Waals surface area contributed by atoms with Crippen LogP contribution in [0.15, 0.2) is 67.8 Å². The summed E-state index contributed by atoms with van der Waals surface area (Å²) in [5.41, 5.74) is 21.3. The van der Waals surface area contributed by atoms with Gasteiger partial charge in [-0.3, -0.25) is 52.8 Å². The minimum Gasteiger partial charge on any atom is -0.394 e. The number of phosphoric acid groups is 1. The average molecular weight is 1220 g/mol. The summed E-state index contributed by atoms with van der Waals surface area (Å²) in [4.78, 5) is 110. The van der Waals surface area contributed by atoms with Crippen LogP contribution in [-0.2, 0) is 47.1 Å². The van der Waals surface area contributed by atoms with Crippen LogP contribution >= 0.6 is 7.82 Å². The number of carbonyl (C=O) groups is 6. The monoisotopic (exact) mass is 1210 g/mol. The number of nitrogens with zero attached hydrogens (tertiary/aromatic N) is 5. The number of carbonyl (C=O) groups excluding carboxylic acids is 6. The molecular weight excluding hydrogens is 1130 g/mol. The van der Waals surface area contributed by atoms with Gasteiger partial charge >= 0.3 is 7.82 Å². The maximum atomic E-state index is 14.3. The second-order valence-corrected chi connectivity index (χ2v) is 27.3. The number of amides is 6. The Hall–Kier alpha value is -6.47. The lowest BCUT2D eigenvalue weighted by Gasteiger charge is -2.48.